The van der Waals surface area contributed by atoms with Gasteiger partial charge in [-0.05, 0) is 36.6 Å². The van der Waals surface area contributed by atoms with Gasteiger partial charge in [-0.2, -0.15) is 0 Å². The fraction of sp³-hybridized carbons (Fsp3) is 0.467. The van der Waals surface area contributed by atoms with Gasteiger partial charge in [0, 0.05) is 12.1 Å². The van der Waals surface area contributed by atoms with Crippen molar-refractivity contribution in [3.63, 3.8) is 0 Å². The lowest BCUT2D eigenvalue weighted by Crippen LogP contribution is -2.15. The summed E-state index contributed by atoms with van der Waals surface area (Å²) >= 11 is 0. The van der Waals surface area contributed by atoms with Crippen LogP contribution in [-0.4, -0.2) is 17.0 Å². The molecule has 0 radical (unpaired) electrons. The second-order valence-electron chi connectivity index (χ2n) is 4.98. The van der Waals surface area contributed by atoms with Gasteiger partial charge in [0.1, 0.15) is 0 Å². The summed E-state index contributed by atoms with van der Waals surface area (Å²) in [6.45, 7) is 5.88. The van der Waals surface area contributed by atoms with Gasteiger partial charge in [-0.15, -0.1) is 0 Å². The SMILES string of the molecule is CCCC(C)CC(=O)Nc1ccc(C(=O)O)c(C)c1. The molecule has 0 spiro atoms. The number of hydrogen-bond donors (Lipinski definition) is 2. The van der Waals surface area contributed by atoms with Crippen molar-refractivity contribution in [2.75, 3.05) is 5.32 Å². The van der Waals surface area contributed by atoms with Crippen LogP contribution in [0.4, 0.5) is 5.69 Å². The van der Waals surface area contributed by atoms with Crippen LogP contribution in [0, 0.1) is 12.8 Å². The third kappa shape index (κ3) is 4.73. The molecule has 0 aliphatic heterocycles. The van der Waals surface area contributed by atoms with Gasteiger partial charge in [-0.25, -0.2) is 4.79 Å². The van der Waals surface area contributed by atoms with Gasteiger partial charge in [-0.1, -0.05) is 26.7 Å². The van der Waals surface area contributed by atoms with Crippen molar-refractivity contribution in [2.24, 2.45) is 5.92 Å². The van der Waals surface area contributed by atoms with Crippen molar-refractivity contribution in [1.29, 1.82) is 0 Å². The molecule has 0 fully saturated rings. The van der Waals surface area contributed by atoms with Crippen LogP contribution in [0.25, 0.3) is 0 Å². The molecule has 0 saturated carbocycles. The topological polar surface area (TPSA) is 66.4 Å². The summed E-state index contributed by atoms with van der Waals surface area (Å²) in [5, 5.41) is 11.7. The lowest BCUT2D eigenvalue weighted by molar-refractivity contribution is -0.117. The van der Waals surface area contributed by atoms with E-state index in [9.17, 15) is 9.59 Å². The van der Waals surface area contributed by atoms with Gasteiger partial charge >= 0.3 is 5.97 Å². The predicted octanol–water partition coefficient (Wildman–Crippen LogP) is 3.46. The van der Waals surface area contributed by atoms with Gasteiger partial charge in [0.05, 0.1) is 5.56 Å². The summed E-state index contributed by atoms with van der Waals surface area (Å²) in [6, 6.07) is 4.83. The molecular formula is C15H21NO3. The molecule has 0 saturated heterocycles. The Bertz CT molecular complexity index is 468. The molecule has 1 aromatic rings. The standard InChI is InChI=1S/C15H21NO3/c1-4-5-10(2)8-14(17)16-12-6-7-13(15(18)19)11(3)9-12/h6-7,9-10H,4-5,8H2,1-3H3,(H,16,17)(H,18,19). The lowest BCUT2D eigenvalue weighted by Gasteiger charge is -2.11. The molecule has 0 aliphatic rings. The molecule has 1 unspecified atom stereocenters. The highest BCUT2D eigenvalue weighted by atomic mass is 16.4. The first kappa shape index (κ1) is 15.2. The van der Waals surface area contributed by atoms with Crippen LogP contribution < -0.4 is 5.32 Å². The van der Waals surface area contributed by atoms with Crippen LogP contribution in [0.3, 0.4) is 0 Å². The van der Waals surface area contributed by atoms with Gasteiger partial charge < -0.3 is 10.4 Å². The Hall–Kier alpha value is -1.84. The zero-order valence-electron chi connectivity index (χ0n) is 11.7. The Morgan fingerprint density at radius 1 is 1.37 bits per heavy atom. The fourth-order valence-electron chi connectivity index (χ4n) is 2.10. The molecule has 1 atom stereocenters. The van der Waals surface area contributed by atoms with Crippen LogP contribution in [0.5, 0.6) is 0 Å². The molecule has 0 heterocycles. The number of nitrogens with one attached hydrogen (secondary N) is 1. The third-order valence-corrected chi connectivity index (χ3v) is 3.06. The predicted molar refractivity (Wildman–Crippen MR) is 75.5 cm³/mol. The van der Waals surface area contributed by atoms with E-state index < -0.39 is 5.97 Å². The Kier molecular flexibility index (Phi) is 5.55. The first-order chi connectivity index (χ1) is 8.93. The first-order valence-electron chi connectivity index (χ1n) is 6.57. The molecule has 4 nitrogen and oxygen atoms in total. The molecule has 0 bridgehead atoms. The highest BCUT2D eigenvalue weighted by molar-refractivity contribution is 5.93. The second kappa shape index (κ2) is 6.92. The number of benzene rings is 1. The van der Waals surface area contributed by atoms with Crippen molar-refractivity contribution in [1.82, 2.24) is 0 Å². The van der Waals surface area contributed by atoms with E-state index >= 15 is 0 Å². The Morgan fingerprint density at radius 2 is 2.05 bits per heavy atom. The smallest absolute Gasteiger partial charge is 0.335 e. The quantitative estimate of drug-likeness (QED) is 0.826. The van der Waals surface area contributed by atoms with Crippen LogP contribution in [-0.2, 0) is 4.79 Å². The number of aryl methyl sites for hydroxylation is 1. The van der Waals surface area contributed by atoms with Crippen LogP contribution in [0.15, 0.2) is 18.2 Å². The van der Waals surface area contributed by atoms with E-state index in [0.29, 0.717) is 23.6 Å². The van der Waals surface area contributed by atoms with Crippen molar-refractivity contribution in [3.8, 4) is 0 Å². The van der Waals surface area contributed by atoms with Gasteiger partial charge in [0.25, 0.3) is 0 Å². The normalized spacial score (nSPS) is 11.9. The summed E-state index contributed by atoms with van der Waals surface area (Å²) in [4.78, 5) is 22.7. The van der Waals surface area contributed by atoms with E-state index in [-0.39, 0.29) is 11.5 Å². The minimum Gasteiger partial charge on any atom is -0.478 e. The molecule has 19 heavy (non-hydrogen) atoms. The number of carboxylic acid groups (broad SMARTS) is 1. The average molecular weight is 263 g/mol. The number of rotatable bonds is 6. The van der Waals surface area contributed by atoms with E-state index in [1.165, 1.54) is 6.07 Å². The Balaban J connectivity index is 2.65. The van der Waals surface area contributed by atoms with E-state index in [4.69, 9.17) is 5.11 Å². The summed E-state index contributed by atoms with van der Waals surface area (Å²) in [7, 11) is 0. The zero-order chi connectivity index (χ0) is 14.4. The van der Waals surface area contributed by atoms with Gasteiger partial charge in [0.15, 0.2) is 0 Å². The maximum absolute atomic E-state index is 11.8. The molecule has 1 amide bonds. The van der Waals surface area contributed by atoms with Crippen molar-refractivity contribution in [3.05, 3.63) is 29.3 Å². The minimum absolute atomic E-state index is 0.0246. The second-order valence-corrected chi connectivity index (χ2v) is 4.98. The summed E-state index contributed by atoms with van der Waals surface area (Å²) in [6.07, 6.45) is 2.60. The minimum atomic E-state index is -0.952. The van der Waals surface area contributed by atoms with Crippen molar-refractivity contribution < 1.29 is 14.7 Å². The molecule has 104 valence electrons. The number of carbonyl (C=O) groups excluding carboxylic acids is 1. The van der Waals surface area contributed by atoms with Crippen LogP contribution in [0.1, 0.15) is 49.0 Å². The maximum atomic E-state index is 11.8. The first-order valence-corrected chi connectivity index (χ1v) is 6.57. The zero-order valence-corrected chi connectivity index (χ0v) is 11.7. The van der Waals surface area contributed by atoms with Gasteiger partial charge in [-0.3, -0.25) is 4.79 Å². The average Bonchev–Trinajstić information content (AvgIpc) is 2.28. The fourth-order valence-corrected chi connectivity index (χ4v) is 2.10. The molecule has 1 rings (SSSR count). The number of amides is 1. The van der Waals surface area contributed by atoms with Crippen molar-refractivity contribution >= 4 is 17.6 Å². The largest absolute Gasteiger partial charge is 0.478 e. The molecular weight excluding hydrogens is 242 g/mol. The summed E-state index contributed by atoms with van der Waals surface area (Å²) < 4.78 is 0. The van der Waals surface area contributed by atoms with E-state index in [0.717, 1.165) is 12.8 Å². The molecule has 2 N–H and O–H groups in total. The van der Waals surface area contributed by atoms with E-state index in [2.05, 4.69) is 19.2 Å². The van der Waals surface area contributed by atoms with Crippen LogP contribution in [0.2, 0.25) is 0 Å². The van der Waals surface area contributed by atoms with Gasteiger partial charge in [0.2, 0.25) is 5.91 Å². The number of hydrogen-bond acceptors (Lipinski definition) is 2. The van der Waals surface area contributed by atoms with Crippen LogP contribution >= 0.6 is 0 Å². The highest BCUT2D eigenvalue weighted by Crippen LogP contribution is 2.17. The molecule has 1 aromatic carbocycles. The summed E-state index contributed by atoms with van der Waals surface area (Å²) in [5.41, 5.74) is 1.56. The monoisotopic (exact) mass is 263 g/mol. The Labute approximate surface area is 113 Å². The maximum Gasteiger partial charge on any atom is 0.335 e. The number of carbonyl (C=O) groups is 2. The molecule has 0 aliphatic carbocycles. The summed E-state index contributed by atoms with van der Waals surface area (Å²) in [5.74, 6) is -0.611. The molecule has 4 heteroatoms. The number of aromatic carboxylic acids is 1. The lowest BCUT2D eigenvalue weighted by atomic mass is 10.0. The van der Waals surface area contributed by atoms with Crippen molar-refractivity contribution in [2.45, 2.75) is 40.0 Å². The Morgan fingerprint density at radius 3 is 2.58 bits per heavy atom. The number of carboxylic acids is 1. The molecule has 0 aromatic heterocycles. The third-order valence-electron chi connectivity index (χ3n) is 3.06. The van der Waals surface area contributed by atoms with E-state index in [1.807, 2.05) is 0 Å². The van der Waals surface area contributed by atoms with E-state index in [1.54, 1.807) is 19.1 Å². The highest BCUT2D eigenvalue weighted by Gasteiger charge is 2.11. The number of anilines is 1.